The van der Waals surface area contributed by atoms with Crippen molar-refractivity contribution in [3.63, 3.8) is 0 Å². The van der Waals surface area contributed by atoms with Gasteiger partial charge in [-0.2, -0.15) is 0 Å². The van der Waals surface area contributed by atoms with Gasteiger partial charge in [-0.3, -0.25) is 5.32 Å². The zero-order chi connectivity index (χ0) is 32.1. The first-order valence-corrected chi connectivity index (χ1v) is 17.5. The molecule has 0 bridgehead atoms. The summed E-state index contributed by atoms with van der Waals surface area (Å²) in [7, 11) is 0. The number of benzene rings is 7. The van der Waals surface area contributed by atoms with E-state index in [1.807, 2.05) is 23.5 Å². The van der Waals surface area contributed by atoms with E-state index in [0.29, 0.717) is 0 Å². The van der Waals surface area contributed by atoms with Crippen molar-refractivity contribution >= 4 is 81.1 Å². The fraction of sp³-hybridized carbons (Fsp3) is 0.0455. The molecule has 4 nitrogen and oxygen atoms in total. The Morgan fingerprint density at radius 2 is 1.20 bits per heavy atom. The van der Waals surface area contributed by atoms with Gasteiger partial charge in [0.1, 0.15) is 34.7 Å². The molecule has 11 rings (SSSR count). The van der Waals surface area contributed by atoms with Gasteiger partial charge in [0, 0.05) is 59.0 Å². The molecule has 49 heavy (non-hydrogen) atoms. The summed E-state index contributed by atoms with van der Waals surface area (Å²) in [6, 6.07) is 54.0. The minimum absolute atomic E-state index is 0.0105. The van der Waals surface area contributed by atoms with Crippen LogP contribution in [0.15, 0.2) is 160 Å². The Balaban J connectivity index is 1.06. The smallest absolute Gasteiger partial charge is 0.143 e. The highest BCUT2D eigenvalue weighted by Gasteiger charge is 2.40. The monoisotopic (exact) mass is 648 g/mol. The standard InChI is InChI=1S/C44H28N2O2S/c1-2-10-26(11-3-1)43-45-44(27-20-23-40-35(24-27)30-13-5-7-19-39(30)49-40)46(43)28-21-22-34-38(25-28)47-37-18-9-14-31(41(34)37)33-16-8-15-32-29-12-4-6-17-36(29)48-42(32)33/h1-25,43-45H. The lowest BCUT2D eigenvalue weighted by Crippen LogP contribution is -2.57. The van der Waals surface area contributed by atoms with Crippen molar-refractivity contribution in [2.75, 3.05) is 4.90 Å². The third-order valence-electron chi connectivity index (χ3n) is 10.2. The molecule has 232 valence electrons. The van der Waals surface area contributed by atoms with Crippen LogP contribution < -0.4 is 10.2 Å². The van der Waals surface area contributed by atoms with Crippen molar-refractivity contribution in [1.82, 2.24) is 5.32 Å². The van der Waals surface area contributed by atoms with Crippen LogP contribution in [-0.4, -0.2) is 0 Å². The van der Waals surface area contributed by atoms with Crippen LogP contribution in [0.2, 0.25) is 0 Å². The molecule has 2 atom stereocenters. The SMILES string of the molecule is c1ccc(C2NC(c3ccc4sc5ccccc5c4c3)N2c2ccc3c(c2)oc2cccc(-c4cccc5c4oc4ccccc45)c23)cc1. The van der Waals surface area contributed by atoms with Gasteiger partial charge >= 0.3 is 0 Å². The van der Waals surface area contributed by atoms with Crippen LogP contribution in [0.3, 0.4) is 0 Å². The summed E-state index contributed by atoms with van der Waals surface area (Å²) in [5.74, 6) is 0. The first-order chi connectivity index (χ1) is 24.3. The average molecular weight is 649 g/mol. The van der Waals surface area contributed by atoms with Crippen LogP contribution in [0, 0.1) is 0 Å². The van der Waals surface area contributed by atoms with Gasteiger partial charge in [0.25, 0.3) is 0 Å². The Bertz CT molecular complexity index is 2900. The summed E-state index contributed by atoms with van der Waals surface area (Å²) in [6.07, 6.45) is 0.0422. The number of rotatable bonds is 4. The minimum atomic E-state index is 0.0105. The molecule has 4 heterocycles. The lowest BCUT2D eigenvalue weighted by Gasteiger charge is -2.51. The number of nitrogens with one attached hydrogen (secondary N) is 1. The molecule has 5 heteroatoms. The average Bonchev–Trinajstić information content (AvgIpc) is 3.82. The lowest BCUT2D eigenvalue weighted by atomic mass is 9.96. The maximum Gasteiger partial charge on any atom is 0.143 e. The molecule has 0 radical (unpaired) electrons. The van der Waals surface area contributed by atoms with Gasteiger partial charge in [-0.15, -0.1) is 11.3 Å². The van der Waals surface area contributed by atoms with Crippen molar-refractivity contribution in [1.29, 1.82) is 0 Å². The number of anilines is 1. The fourth-order valence-electron chi connectivity index (χ4n) is 7.90. The molecule has 10 aromatic rings. The maximum atomic E-state index is 6.65. The highest BCUT2D eigenvalue weighted by Crippen LogP contribution is 2.47. The molecular weight excluding hydrogens is 621 g/mol. The zero-order valence-electron chi connectivity index (χ0n) is 26.3. The second-order valence-electron chi connectivity index (χ2n) is 12.9. The number of para-hydroxylation sites is 2. The largest absolute Gasteiger partial charge is 0.456 e. The van der Waals surface area contributed by atoms with Crippen LogP contribution in [0.4, 0.5) is 5.69 Å². The molecule has 2 unspecified atom stereocenters. The molecule has 0 spiro atoms. The summed E-state index contributed by atoms with van der Waals surface area (Å²) >= 11 is 1.85. The van der Waals surface area contributed by atoms with E-state index in [2.05, 4.69) is 150 Å². The molecule has 3 aromatic heterocycles. The Labute approximate surface area is 285 Å². The second-order valence-corrected chi connectivity index (χ2v) is 14.0. The molecule has 1 fully saturated rings. The number of fused-ring (bicyclic) bond motifs is 9. The topological polar surface area (TPSA) is 41.5 Å². The Kier molecular flexibility index (Phi) is 5.70. The fourth-order valence-corrected chi connectivity index (χ4v) is 8.98. The Morgan fingerprint density at radius 1 is 0.469 bits per heavy atom. The number of thiophene rings is 1. The second kappa shape index (κ2) is 10.3. The molecule has 0 saturated carbocycles. The van der Waals surface area contributed by atoms with Crippen LogP contribution in [0.1, 0.15) is 23.5 Å². The molecule has 1 aliphatic heterocycles. The summed E-state index contributed by atoms with van der Waals surface area (Å²) in [4.78, 5) is 2.48. The molecule has 1 aliphatic rings. The van der Waals surface area contributed by atoms with E-state index >= 15 is 0 Å². The number of nitrogens with zero attached hydrogens (tertiary/aromatic N) is 1. The zero-order valence-corrected chi connectivity index (χ0v) is 27.1. The molecule has 7 aromatic carbocycles. The van der Waals surface area contributed by atoms with Gasteiger partial charge in [-0.1, -0.05) is 103 Å². The normalized spacial score (nSPS) is 16.4. The van der Waals surface area contributed by atoms with Crippen LogP contribution in [0.5, 0.6) is 0 Å². The molecule has 1 N–H and O–H groups in total. The van der Waals surface area contributed by atoms with E-state index in [1.165, 1.54) is 31.3 Å². The summed E-state index contributed by atoms with van der Waals surface area (Å²) in [5.41, 5.74) is 9.29. The van der Waals surface area contributed by atoms with Gasteiger partial charge in [0.2, 0.25) is 0 Å². The lowest BCUT2D eigenvalue weighted by molar-refractivity contribution is 0.276. The summed E-state index contributed by atoms with van der Waals surface area (Å²) in [6.45, 7) is 0. The third-order valence-corrected chi connectivity index (χ3v) is 11.3. The van der Waals surface area contributed by atoms with Crippen molar-refractivity contribution in [3.05, 3.63) is 163 Å². The van der Waals surface area contributed by atoms with Gasteiger partial charge in [-0.25, -0.2) is 0 Å². The van der Waals surface area contributed by atoms with Crippen LogP contribution >= 0.6 is 11.3 Å². The van der Waals surface area contributed by atoms with Crippen molar-refractivity contribution < 1.29 is 8.83 Å². The molecule has 1 saturated heterocycles. The molecule has 0 amide bonds. The van der Waals surface area contributed by atoms with E-state index < -0.39 is 0 Å². The number of hydrogen-bond donors (Lipinski definition) is 1. The van der Waals surface area contributed by atoms with Crippen LogP contribution in [-0.2, 0) is 0 Å². The Morgan fingerprint density at radius 3 is 2.14 bits per heavy atom. The van der Waals surface area contributed by atoms with Gasteiger partial charge in [0.15, 0.2) is 0 Å². The maximum absolute atomic E-state index is 6.65. The van der Waals surface area contributed by atoms with Crippen molar-refractivity contribution in [2.45, 2.75) is 12.3 Å². The number of furan rings is 2. The number of hydrogen-bond acceptors (Lipinski definition) is 5. The molecule has 0 aliphatic carbocycles. The highest BCUT2D eigenvalue weighted by atomic mass is 32.1. The first-order valence-electron chi connectivity index (χ1n) is 16.6. The minimum Gasteiger partial charge on any atom is -0.456 e. The van der Waals surface area contributed by atoms with E-state index in [-0.39, 0.29) is 12.3 Å². The van der Waals surface area contributed by atoms with Crippen molar-refractivity contribution in [2.24, 2.45) is 0 Å². The van der Waals surface area contributed by atoms with E-state index in [0.717, 1.165) is 60.7 Å². The van der Waals surface area contributed by atoms with E-state index in [4.69, 9.17) is 8.83 Å². The summed E-state index contributed by atoms with van der Waals surface area (Å²) in [5, 5.41) is 11.0. The van der Waals surface area contributed by atoms with Gasteiger partial charge in [0.05, 0.1) is 0 Å². The quantitative estimate of drug-likeness (QED) is 0.206. The van der Waals surface area contributed by atoms with Crippen LogP contribution in [0.25, 0.3) is 75.2 Å². The van der Waals surface area contributed by atoms with E-state index in [9.17, 15) is 0 Å². The third kappa shape index (κ3) is 4.00. The predicted octanol–water partition coefficient (Wildman–Crippen LogP) is 12.3. The van der Waals surface area contributed by atoms with Gasteiger partial charge < -0.3 is 13.7 Å². The summed E-state index contributed by atoms with van der Waals surface area (Å²) < 4.78 is 15.7. The molecular formula is C44H28N2O2S. The van der Waals surface area contributed by atoms with Gasteiger partial charge in [-0.05, 0) is 59.2 Å². The first kappa shape index (κ1) is 27.1. The van der Waals surface area contributed by atoms with E-state index in [1.54, 1.807) is 0 Å². The Hall–Kier alpha value is -5.88. The predicted molar refractivity (Wildman–Crippen MR) is 203 cm³/mol. The highest BCUT2D eigenvalue weighted by molar-refractivity contribution is 7.25. The van der Waals surface area contributed by atoms with Crippen molar-refractivity contribution in [3.8, 4) is 11.1 Å².